The summed E-state index contributed by atoms with van der Waals surface area (Å²) in [6, 6.07) is 10.3. The molecular formula is C16H18F2N2O. The number of benzene rings is 2. The Bertz CT molecular complexity index is 602. The minimum atomic E-state index is -0.479. The van der Waals surface area contributed by atoms with E-state index in [1.54, 1.807) is 26.3 Å². The van der Waals surface area contributed by atoms with Gasteiger partial charge >= 0.3 is 0 Å². The van der Waals surface area contributed by atoms with Crippen LogP contribution < -0.4 is 15.4 Å². The van der Waals surface area contributed by atoms with Crippen LogP contribution in [0.5, 0.6) is 5.75 Å². The molecule has 3 nitrogen and oxygen atoms in total. The van der Waals surface area contributed by atoms with E-state index in [-0.39, 0.29) is 12.1 Å². The topological polar surface area (TPSA) is 38.5 Å². The minimum absolute atomic E-state index is 0.170. The van der Waals surface area contributed by atoms with Crippen molar-refractivity contribution in [2.45, 2.75) is 6.04 Å². The standard InChI is InChI=1S/C16H18F2N2O/c1-20(12-4-6-13(21-2)7-5-12)16(10-19)14-9-11(17)3-8-15(14)18/h3-9,16H,10,19H2,1-2H3. The second-order valence-electron chi connectivity index (χ2n) is 4.73. The lowest BCUT2D eigenvalue weighted by Gasteiger charge is -2.30. The molecule has 2 aromatic rings. The molecule has 0 aliphatic carbocycles. The monoisotopic (exact) mass is 292 g/mol. The molecule has 0 aromatic heterocycles. The summed E-state index contributed by atoms with van der Waals surface area (Å²) >= 11 is 0. The molecule has 5 heteroatoms. The molecular weight excluding hydrogens is 274 g/mol. The third kappa shape index (κ3) is 3.31. The summed E-state index contributed by atoms with van der Waals surface area (Å²) in [5.74, 6) is -0.214. The molecule has 0 radical (unpaired) electrons. The lowest BCUT2D eigenvalue weighted by atomic mass is 10.0. The van der Waals surface area contributed by atoms with Gasteiger partial charge in [0.2, 0.25) is 0 Å². The van der Waals surface area contributed by atoms with Gasteiger partial charge in [-0.15, -0.1) is 0 Å². The first-order valence-corrected chi connectivity index (χ1v) is 6.58. The Kier molecular flexibility index (Phi) is 4.75. The van der Waals surface area contributed by atoms with Crippen LogP contribution in [0.1, 0.15) is 11.6 Å². The van der Waals surface area contributed by atoms with Gasteiger partial charge in [-0.3, -0.25) is 0 Å². The smallest absolute Gasteiger partial charge is 0.128 e. The molecule has 21 heavy (non-hydrogen) atoms. The van der Waals surface area contributed by atoms with Crippen molar-refractivity contribution in [1.29, 1.82) is 0 Å². The number of hydrogen-bond acceptors (Lipinski definition) is 3. The second kappa shape index (κ2) is 6.54. The molecule has 112 valence electrons. The molecule has 2 rings (SSSR count). The Morgan fingerprint density at radius 3 is 2.38 bits per heavy atom. The Balaban J connectivity index is 2.33. The molecule has 1 atom stereocenters. The number of methoxy groups -OCH3 is 1. The molecule has 0 bridgehead atoms. The van der Waals surface area contributed by atoms with Gasteiger partial charge in [-0.1, -0.05) is 0 Å². The van der Waals surface area contributed by atoms with E-state index >= 15 is 0 Å². The Hall–Kier alpha value is -2.14. The summed E-state index contributed by atoms with van der Waals surface area (Å²) in [6.45, 7) is 0.170. The van der Waals surface area contributed by atoms with Gasteiger partial charge in [0.1, 0.15) is 17.4 Å². The average Bonchev–Trinajstić information content (AvgIpc) is 2.51. The maximum absolute atomic E-state index is 13.9. The van der Waals surface area contributed by atoms with E-state index in [0.717, 1.165) is 23.6 Å². The Labute approximate surface area is 122 Å². The summed E-state index contributed by atoms with van der Waals surface area (Å²) in [7, 11) is 3.38. The van der Waals surface area contributed by atoms with Crippen LogP contribution in [0, 0.1) is 11.6 Å². The lowest BCUT2D eigenvalue weighted by molar-refractivity contribution is 0.415. The summed E-state index contributed by atoms with van der Waals surface area (Å²) in [4.78, 5) is 1.82. The zero-order valence-corrected chi connectivity index (χ0v) is 12.0. The molecule has 0 saturated heterocycles. The van der Waals surface area contributed by atoms with Gasteiger partial charge in [0.05, 0.1) is 13.2 Å². The molecule has 0 heterocycles. The summed E-state index contributed by atoms with van der Waals surface area (Å²) in [5, 5.41) is 0. The van der Waals surface area contributed by atoms with E-state index in [4.69, 9.17) is 10.5 Å². The highest BCUT2D eigenvalue weighted by atomic mass is 19.1. The normalized spacial score (nSPS) is 12.0. The van der Waals surface area contributed by atoms with Crippen molar-refractivity contribution in [2.24, 2.45) is 5.73 Å². The van der Waals surface area contributed by atoms with E-state index in [1.165, 1.54) is 6.07 Å². The van der Waals surface area contributed by atoms with E-state index in [0.29, 0.717) is 0 Å². The number of anilines is 1. The zero-order chi connectivity index (χ0) is 15.4. The van der Waals surface area contributed by atoms with Crippen LogP contribution in [0.3, 0.4) is 0 Å². The fourth-order valence-corrected chi connectivity index (χ4v) is 2.26. The third-order valence-corrected chi connectivity index (χ3v) is 3.49. The fourth-order valence-electron chi connectivity index (χ4n) is 2.26. The van der Waals surface area contributed by atoms with Crippen LogP contribution in [-0.4, -0.2) is 20.7 Å². The van der Waals surface area contributed by atoms with Crippen LogP contribution in [0.25, 0.3) is 0 Å². The van der Waals surface area contributed by atoms with Gasteiger partial charge in [-0.05, 0) is 42.5 Å². The molecule has 0 aliphatic heterocycles. The first-order valence-electron chi connectivity index (χ1n) is 6.58. The second-order valence-corrected chi connectivity index (χ2v) is 4.73. The predicted octanol–water partition coefficient (Wildman–Crippen LogP) is 3.11. The number of halogens is 2. The summed E-state index contributed by atoms with van der Waals surface area (Å²) < 4.78 is 32.4. The quantitative estimate of drug-likeness (QED) is 0.920. The molecule has 0 aliphatic rings. The number of hydrogen-bond donors (Lipinski definition) is 1. The van der Waals surface area contributed by atoms with Crippen molar-refractivity contribution in [2.75, 3.05) is 25.6 Å². The molecule has 0 fully saturated rings. The first kappa shape index (κ1) is 15.3. The molecule has 2 aromatic carbocycles. The van der Waals surface area contributed by atoms with Crippen LogP contribution in [0.2, 0.25) is 0 Å². The largest absolute Gasteiger partial charge is 0.497 e. The van der Waals surface area contributed by atoms with Gasteiger partial charge < -0.3 is 15.4 Å². The zero-order valence-electron chi connectivity index (χ0n) is 12.0. The number of likely N-dealkylation sites (N-methyl/N-ethyl adjacent to an activating group) is 1. The highest BCUT2D eigenvalue weighted by molar-refractivity contribution is 5.50. The first-order chi connectivity index (χ1) is 10.1. The highest BCUT2D eigenvalue weighted by Crippen LogP contribution is 2.28. The van der Waals surface area contributed by atoms with Crippen LogP contribution >= 0.6 is 0 Å². The molecule has 0 saturated carbocycles. The molecule has 2 N–H and O–H groups in total. The van der Waals surface area contributed by atoms with Crippen LogP contribution in [-0.2, 0) is 0 Å². The van der Waals surface area contributed by atoms with E-state index in [9.17, 15) is 8.78 Å². The van der Waals surface area contributed by atoms with Crippen molar-refractivity contribution in [3.63, 3.8) is 0 Å². The molecule has 1 unspecified atom stereocenters. The van der Waals surface area contributed by atoms with Gasteiger partial charge in [0.15, 0.2) is 0 Å². The summed E-state index contributed by atoms with van der Waals surface area (Å²) in [6.07, 6.45) is 0. The number of nitrogens with zero attached hydrogens (tertiary/aromatic N) is 1. The van der Waals surface area contributed by atoms with Crippen LogP contribution in [0.4, 0.5) is 14.5 Å². The van der Waals surface area contributed by atoms with E-state index < -0.39 is 17.7 Å². The van der Waals surface area contributed by atoms with Crippen molar-refractivity contribution in [3.05, 3.63) is 59.7 Å². The van der Waals surface area contributed by atoms with Crippen molar-refractivity contribution in [3.8, 4) is 5.75 Å². The predicted molar refractivity (Wildman–Crippen MR) is 79.6 cm³/mol. The Morgan fingerprint density at radius 2 is 1.81 bits per heavy atom. The molecule has 0 amide bonds. The summed E-state index contributed by atoms with van der Waals surface area (Å²) in [5.41, 5.74) is 6.85. The van der Waals surface area contributed by atoms with Gasteiger partial charge in [-0.25, -0.2) is 8.78 Å². The van der Waals surface area contributed by atoms with Crippen LogP contribution in [0.15, 0.2) is 42.5 Å². The number of ether oxygens (including phenoxy) is 1. The van der Waals surface area contributed by atoms with Crippen molar-refractivity contribution >= 4 is 5.69 Å². The van der Waals surface area contributed by atoms with Crippen molar-refractivity contribution in [1.82, 2.24) is 0 Å². The molecule has 0 spiro atoms. The third-order valence-electron chi connectivity index (χ3n) is 3.49. The maximum Gasteiger partial charge on any atom is 0.128 e. The maximum atomic E-state index is 13.9. The fraction of sp³-hybridized carbons (Fsp3) is 0.250. The van der Waals surface area contributed by atoms with Gasteiger partial charge in [0, 0.05) is 24.8 Å². The van der Waals surface area contributed by atoms with E-state index in [2.05, 4.69) is 0 Å². The average molecular weight is 292 g/mol. The number of nitrogens with two attached hydrogens (primary N) is 1. The van der Waals surface area contributed by atoms with E-state index in [1.807, 2.05) is 17.0 Å². The van der Waals surface area contributed by atoms with Gasteiger partial charge in [-0.2, -0.15) is 0 Å². The highest BCUT2D eigenvalue weighted by Gasteiger charge is 2.20. The minimum Gasteiger partial charge on any atom is -0.497 e. The Morgan fingerprint density at radius 1 is 1.14 bits per heavy atom. The SMILES string of the molecule is COc1ccc(N(C)C(CN)c2cc(F)ccc2F)cc1. The van der Waals surface area contributed by atoms with Crippen molar-refractivity contribution < 1.29 is 13.5 Å². The van der Waals surface area contributed by atoms with Gasteiger partial charge in [0.25, 0.3) is 0 Å². The lowest BCUT2D eigenvalue weighted by Crippen LogP contribution is -2.31. The number of rotatable bonds is 5.